The maximum atomic E-state index is 12.2. The number of rotatable bonds is 6. The number of likely N-dealkylation sites (tertiary alicyclic amines) is 1. The summed E-state index contributed by atoms with van der Waals surface area (Å²) in [4.78, 5) is 23.8. The van der Waals surface area contributed by atoms with Crippen LogP contribution in [-0.4, -0.2) is 98.1 Å². The minimum atomic E-state index is 0.0695. The fourth-order valence-corrected chi connectivity index (χ4v) is 3.56. The molecule has 0 saturated carbocycles. The Kier molecular flexibility index (Phi) is 8.15. The summed E-state index contributed by atoms with van der Waals surface area (Å²) >= 11 is 0. The van der Waals surface area contributed by atoms with Gasteiger partial charge in [0.2, 0.25) is 5.91 Å². The Bertz CT molecular complexity index is 473. The normalized spacial score (nSPS) is 24.2. The van der Waals surface area contributed by atoms with Crippen molar-refractivity contribution in [3.05, 3.63) is 0 Å². The summed E-state index contributed by atoms with van der Waals surface area (Å²) in [7, 11) is 2.18. The summed E-state index contributed by atoms with van der Waals surface area (Å²) in [6, 6.07) is 0.733. The van der Waals surface area contributed by atoms with Crippen molar-refractivity contribution in [3.63, 3.8) is 0 Å². The molecule has 2 rings (SSSR count). The molecule has 2 aliphatic heterocycles. The summed E-state index contributed by atoms with van der Waals surface area (Å²) in [5, 5.41) is 6.87. The van der Waals surface area contributed by atoms with Crippen molar-refractivity contribution in [1.82, 2.24) is 25.3 Å². The molecule has 2 saturated heterocycles. The van der Waals surface area contributed by atoms with Crippen LogP contribution < -0.4 is 10.6 Å². The van der Waals surface area contributed by atoms with Crippen LogP contribution >= 0.6 is 0 Å². The van der Waals surface area contributed by atoms with E-state index in [9.17, 15) is 4.79 Å². The van der Waals surface area contributed by atoms with E-state index in [0.717, 1.165) is 64.7 Å². The molecule has 2 aliphatic rings. The smallest absolute Gasteiger partial charge is 0.225 e. The van der Waals surface area contributed by atoms with Gasteiger partial charge in [0.1, 0.15) is 0 Å². The molecule has 2 N–H and O–H groups in total. The summed E-state index contributed by atoms with van der Waals surface area (Å²) in [6.07, 6.45) is 0.983. The highest BCUT2D eigenvalue weighted by atomic mass is 16.2. The molecule has 1 amide bonds. The van der Waals surface area contributed by atoms with Crippen molar-refractivity contribution in [3.8, 4) is 0 Å². The molecule has 2 fully saturated rings. The first kappa shape index (κ1) is 21.0. The molecule has 150 valence electrons. The Labute approximate surface area is 159 Å². The third-order valence-electron chi connectivity index (χ3n) is 5.35. The third kappa shape index (κ3) is 6.13. The largest absolute Gasteiger partial charge is 0.357 e. The number of hydrogen-bond acceptors (Lipinski definition) is 4. The van der Waals surface area contributed by atoms with Crippen LogP contribution in [0.5, 0.6) is 0 Å². The molecule has 7 heteroatoms. The summed E-state index contributed by atoms with van der Waals surface area (Å²) in [5.41, 5.74) is 0. The van der Waals surface area contributed by atoms with Crippen LogP contribution in [0.2, 0.25) is 0 Å². The van der Waals surface area contributed by atoms with Gasteiger partial charge in [0.05, 0.1) is 6.54 Å². The zero-order valence-electron chi connectivity index (χ0n) is 17.3. The van der Waals surface area contributed by atoms with E-state index in [0.29, 0.717) is 6.04 Å². The average Bonchev–Trinajstić information content (AvgIpc) is 3.07. The number of likely N-dealkylation sites (N-methyl/N-ethyl adjacent to an activating group) is 1. The van der Waals surface area contributed by atoms with Gasteiger partial charge in [-0.25, -0.2) is 0 Å². The highest BCUT2D eigenvalue weighted by Crippen LogP contribution is 2.13. The first-order valence-corrected chi connectivity index (χ1v) is 10.2. The van der Waals surface area contributed by atoms with E-state index in [4.69, 9.17) is 4.99 Å². The number of amides is 1. The van der Waals surface area contributed by atoms with Crippen LogP contribution in [0.25, 0.3) is 0 Å². The van der Waals surface area contributed by atoms with Crippen LogP contribution in [0.4, 0.5) is 0 Å². The van der Waals surface area contributed by atoms with Crippen LogP contribution in [0.1, 0.15) is 34.1 Å². The van der Waals surface area contributed by atoms with E-state index in [1.165, 1.54) is 0 Å². The standard InChI is InChI=1S/C19H38N6O/c1-6-20-19(21-13-16(4)24-11-9-23(5)10-12-24)22-17-7-8-25(14-17)18(26)15(2)3/h15-17H,6-14H2,1-5H3,(H2,20,21,22). The summed E-state index contributed by atoms with van der Waals surface area (Å²) in [5.74, 6) is 1.19. The fraction of sp³-hybridized carbons (Fsp3) is 0.895. The molecule has 0 bridgehead atoms. The van der Waals surface area contributed by atoms with Crippen molar-refractivity contribution >= 4 is 11.9 Å². The highest BCUT2D eigenvalue weighted by Gasteiger charge is 2.28. The zero-order chi connectivity index (χ0) is 19.1. The predicted molar refractivity (Wildman–Crippen MR) is 107 cm³/mol. The molecule has 0 aromatic carbocycles. The maximum Gasteiger partial charge on any atom is 0.225 e. The Morgan fingerprint density at radius 2 is 1.85 bits per heavy atom. The first-order chi connectivity index (χ1) is 12.4. The number of piperazine rings is 1. The molecule has 0 aromatic heterocycles. The molecule has 2 heterocycles. The van der Waals surface area contributed by atoms with Gasteiger partial charge >= 0.3 is 0 Å². The number of carbonyl (C=O) groups excluding carboxylic acids is 1. The first-order valence-electron chi connectivity index (χ1n) is 10.2. The van der Waals surface area contributed by atoms with E-state index >= 15 is 0 Å². The average molecular weight is 367 g/mol. The maximum absolute atomic E-state index is 12.2. The van der Waals surface area contributed by atoms with Crippen LogP contribution in [0, 0.1) is 5.92 Å². The SMILES string of the molecule is CCNC(=NCC(C)N1CCN(C)CC1)NC1CCN(C(=O)C(C)C)C1. The lowest BCUT2D eigenvalue weighted by Crippen LogP contribution is -2.49. The zero-order valence-corrected chi connectivity index (χ0v) is 17.3. The van der Waals surface area contributed by atoms with Crippen LogP contribution in [0.3, 0.4) is 0 Å². The second-order valence-corrected chi connectivity index (χ2v) is 7.98. The number of nitrogens with one attached hydrogen (secondary N) is 2. The third-order valence-corrected chi connectivity index (χ3v) is 5.35. The van der Waals surface area contributed by atoms with Gasteiger partial charge in [-0.1, -0.05) is 13.8 Å². The van der Waals surface area contributed by atoms with Crippen molar-refractivity contribution in [2.24, 2.45) is 10.9 Å². The van der Waals surface area contributed by atoms with Gasteiger partial charge in [-0.3, -0.25) is 14.7 Å². The monoisotopic (exact) mass is 366 g/mol. The van der Waals surface area contributed by atoms with Crippen molar-refractivity contribution in [2.45, 2.75) is 46.2 Å². The molecule has 0 aromatic rings. The van der Waals surface area contributed by atoms with Gasteiger partial charge < -0.3 is 20.4 Å². The molecule has 26 heavy (non-hydrogen) atoms. The second-order valence-electron chi connectivity index (χ2n) is 7.98. The van der Waals surface area contributed by atoms with Gasteiger partial charge in [-0.15, -0.1) is 0 Å². The fourth-order valence-electron chi connectivity index (χ4n) is 3.56. The summed E-state index contributed by atoms with van der Waals surface area (Å²) < 4.78 is 0. The molecule has 0 radical (unpaired) electrons. The van der Waals surface area contributed by atoms with Gasteiger partial charge in [0.15, 0.2) is 5.96 Å². The van der Waals surface area contributed by atoms with Gasteiger partial charge in [-0.05, 0) is 27.3 Å². The number of guanidine groups is 1. The Hall–Kier alpha value is -1.34. The lowest BCUT2D eigenvalue weighted by Gasteiger charge is -2.36. The van der Waals surface area contributed by atoms with Gasteiger partial charge in [-0.2, -0.15) is 0 Å². The Morgan fingerprint density at radius 3 is 2.46 bits per heavy atom. The summed E-state index contributed by atoms with van der Waals surface area (Å²) in [6.45, 7) is 16.0. The van der Waals surface area contributed by atoms with E-state index in [2.05, 4.69) is 41.3 Å². The highest BCUT2D eigenvalue weighted by molar-refractivity contribution is 5.81. The molecule has 0 aliphatic carbocycles. The molecule has 7 nitrogen and oxygen atoms in total. The number of nitrogens with zero attached hydrogens (tertiary/aromatic N) is 4. The number of carbonyl (C=O) groups is 1. The second kappa shape index (κ2) is 10.1. The van der Waals surface area contributed by atoms with Crippen molar-refractivity contribution in [1.29, 1.82) is 0 Å². The van der Waals surface area contributed by atoms with E-state index < -0.39 is 0 Å². The molecule has 2 unspecified atom stereocenters. The van der Waals surface area contributed by atoms with Gasteiger partial charge in [0, 0.05) is 63.8 Å². The quantitative estimate of drug-likeness (QED) is 0.527. The lowest BCUT2D eigenvalue weighted by molar-refractivity contribution is -0.133. The van der Waals surface area contributed by atoms with E-state index in [1.54, 1.807) is 0 Å². The van der Waals surface area contributed by atoms with Crippen molar-refractivity contribution < 1.29 is 4.79 Å². The molecule has 0 spiro atoms. The number of hydrogen-bond donors (Lipinski definition) is 2. The predicted octanol–water partition coefficient (Wildman–Crippen LogP) is 0.434. The van der Waals surface area contributed by atoms with Crippen LogP contribution in [-0.2, 0) is 4.79 Å². The van der Waals surface area contributed by atoms with E-state index in [-0.39, 0.29) is 17.9 Å². The van der Waals surface area contributed by atoms with Crippen LogP contribution in [0.15, 0.2) is 4.99 Å². The van der Waals surface area contributed by atoms with E-state index in [1.807, 2.05) is 18.7 Å². The Morgan fingerprint density at radius 1 is 1.15 bits per heavy atom. The molecular formula is C19H38N6O. The lowest BCUT2D eigenvalue weighted by atomic mass is 10.2. The minimum absolute atomic E-state index is 0.0695. The van der Waals surface area contributed by atoms with Crippen molar-refractivity contribution in [2.75, 3.05) is 59.4 Å². The minimum Gasteiger partial charge on any atom is -0.357 e. The number of aliphatic imine (C=N–C) groups is 1. The Balaban J connectivity index is 1.84. The molecule has 2 atom stereocenters. The molecular weight excluding hydrogens is 328 g/mol. The topological polar surface area (TPSA) is 63.2 Å². The van der Waals surface area contributed by atoms with Gasteiger partial charge in [0.25, 0.3) is 0 Å².